The van der Waals surface area contributed by atoms with Crippen LogP contribution in [0.1, 0.15) is 45.4 Å². The largest absolute Gasteiger partial charge is 0.314 e. The summed E-state index contributed by atoms with van der Waals surface area (Å²) in [6, 6.07) is 0.801. The van der Waals surface area contributed by atoms with Crippen molar-refractivity contribution in [3.63, 3.8) is 0 Å². The monoisotopic (exact) mass is 210 g/mol. The lowest BCUT2D eigenvalue weighted by molar-refractivity contribution is 0.173. The molecule has 1 saturated carbocycles. The van der Waals surface area contributed by atoms with Crippen molar-refractivity contribution in [1.82, 2.24) is 10.2 Å². The van der Waals surface area contributed by atoms with Gasteiger partial charge in [-0.2, -0.15) is 0 Å². The molecule has 0 aromatic rings. The molecular formula is C13H26N2. The van der Waals surface area contributed by atoms with E-state index >= 15 is 0 Å². The topological polar surface area (TPSA) is 15.3 Å². The van der Waals surface area contributed by atoms with E-state index < -0.39 is 0 Å². The van der Waals surface area contributed by atoms with E-state index in [4.69, 9.17) is 0 Å². The minimum absolute atomic E-state index is 0.801. The van der Waals surface area contributed by atoms with Crippen molar-refractivity contribution < 1.29 is 0 Å². The minimum Gasteiger partial charge on any atom is -0.314 e. The van der Waals surface area contributed by atoms with Gasteiger partial charge in [0.25, 0.3) is 0 Å². The number of nitrogens with zero attached hydrogens (tertiary/aromatic N) is 1. The van der Waals surface area contributed by atoms with Gasteiger partial charge in [0.2, 0.25) is 0 Å². The average molecular weight is 210 g/mol. The molecule has 1 heterocycles. The predicted molar refractivity (Wildman–Crippen MR) is 65.1 cm³/mol. The molecular weight excluding hydrogens is 184 g/mol. The minimum atomic E-state index is 0.801. The van der Waals surface area contributed by atoms with Crippen molar-refractivity contribution >= 4 is 0 Å². The molecule has 0 radical (unpaired) electrons. The molecule has 2 aliphatic rings. The molecule has 0 amide bonds. The van der Waals surface area contributed by atoms with Crippen LogP contribution in [0.15, 0.2) is 0 Å². The quantitative estimate of drug-likeness (QED) is 0.765. The Hall–Kier alpha value is -0.0800. The Morgan fingerprint density at radius 1 is 1.07 bits per heavy atom. The molecule has 15 heavy (non-hydrogen) atoms. The third-order valence-electron chi connectivity index (χ3n) is 4.07. The number of hydrogen-bond donors (Lipinski definition) is 1. The lowest BCUT2D eigenvalue weighted by Crippen LogP contribution is -2.43. The van der Waals surface area contributed by atoms with E-state index in [-0.39, 0.29) is 0 Å². The molecule has 0 atom stereocenters. The Bertz CT molecular complexity index is 167. The van der Waals surface area contributed by atoms with Crippen LogP contribution in [-0.4, -0.2) is 37.1 Å². The highest BCUT2D eigenvalue weighted by Crippen LogP contribution is 2.26. The van der Waals surface area contributed by atoms with Gasteiger partial charge < -0.3 is 10.2 Å². The van der Waals surface area contributed by atoms with Crippen molar-refractivity contribution in [2.45, 2.75) is 51.5 Å². The van der Waals surface area contributed by atoms with E-state index in [1.54, 1.807) is 0 Å². The van der Waals surface area contributed by atoms with Crippen molar-refractivity contribution in [3.05, 3.63) is 0 Å². The maximum atomic E-state index is 3.57. The normalized spacial score (nSPS) is 26.2. The Balaban J connectivity index is 1.64. The molecule has 0 spiro atoms. The average Bonchev–Trinajstić information content (AvgIpc) is 2.74. The molecule has 0 aromatic carbocycles. The molecule has 0 unspecified atom stereocenters. The second kappa shape index (κ2) is 5.86. The Labute approximate surface area is 94.4 Å². The zero-order valence-electron chi connectivity index (χ0n) is 10.2. The number of likely N-dealkylation sites (tertiary alicyclic amines) is 1. The first-order valence-corrected chi connectivity index (χ1v) is 6.84. The SMILES string of the molecule is CCNC1CCN(CC2CCCC2)CC1. The van der Waals surface area contributed by atoms with Crippen LogP contribution in [0.25, 0.3) is 0 Å². The first kappa shape index (κ1) is 11.4. The van der Waals surface area contributed by atoms with E-state index in [1.165, 1.54) is 58.2 Å². The molecule has 88 valence electrons. The van der Waals surface area contributed by atoms with Crippen molar-refractivity contribution in [2.24, 2.45) is 5.92 Å². The fraction of sp³-hybridized carbons (Fsp3) is 1.00. The Morgan fingerprint density at radius 3 is 2.33 bits per heavy atom. The molecule has 2 heteroatoms. The summed E-state index contributed by atoms with van der Waals surface area (Å²) in [5, 5.41) is 3.57. The van der Waals surface area contributed by atoms with Crippen LogP contribution in [0.2, 0.25) is 0 Å². The smallest absolute Gasteiger partial charge is 0.00912 e. The first-order chi connectivity index (χ1) is 7.38. The van der Waals surface area contributed by atoms with E-state index in [9.17, 15) is 0 Å². The van der Waals surface area contributed by atoms with Crippen LogP contribution in [0.4, 0.5) is 0 Å². The van der Waals surface area contributed by atoms with Gasteiger partial charge in [-0.1, -0.05) is 19.8 Å². The van der Waals surface area contributed by atoms with Crippen LogP contribution in [-0.2, 0) is 0 Å². The number of nitrogens with one attached hydrogen (secondary N) is 1. The zero-order valence-corrected chi connectivity index (χ0v) is 10.2. The number of hydrogen-bond acceptors (Lipinski definition) is 2. The summed E-state index contributed by atoms with van der Waals surface area (Å²) in [6.45, 7) is 7.39. The summed E-state index contributed by atoms with van der Waals surface area (Å²) >= 11 is 0. The molecule has 2 rings (SSSR count). The van der Waals surface area contributed by atoms with Crippen LogP contribution in [0, 0.1) is 5.92 Å². The molecule has 2 nitrogen and oxygen atoms in total. The molecule has 0 aromatic heterocycles. The van der Waals surface area contributed by atoms with Gasteiger partial charge in [0.05, 0.1) is 0 Å². The van der Waals surface area contributed by atoms with Crippen LogP contribution < -0.4 is 5.32 Å². The molecule has 0 bridgehead atoms. The van der Waals surface area contributed by atoms with Crippen molar-refractivity contribution in [3.8, 4) is 0 Å². The maximum Gasteiger partial charge on any atom is 0.00912 e. The van der Waals surface area contributed by atoms with Gasteiger partial charge in [0.15, 0.2) is 0 Å². The summed E-state index contributed by atoms with van der Waals surface area (Å²) < 4.78 is 0. The maximum absolute atomic E-state index is 3.57. The molecule has 1 aliphatic heterocycles. The van der Waals surface area contributed by atoms with Gasteiger partial charge >= 0.3 is 0 Å². The summed E-state index contributed by atoms with van der Waals surface area (Å²) in [6.07, 6.45) is 8.68. The van der Waals surface area contributed by atoms with Crippen LogP contribution in [0.3, 0.4) is 0 Å². The Morgan fingerprint density at radius 2 is 1.73 bits per heavy atom. The summed E-state index contributed by atoms with van der Waals surface area (Å²) in [5.41, 5.74) is 0. The van der Waals surface area contributed by atoms with Gasteiger partial charge in [-0.05, 0) is 51.2 Å². The first-order valence-electron chi connectivity index (χ1n) is 6.84. The van der Waals surface area contributed by atoms with Crippen molar-refractivity contribution in [1.29, 1.82) is 0 Å². The third kappa shape index (κ3) is 3.46. The standard InChI is InChI=1S/C13H26N2/c1-2-14-13-7-9-15(10-8-13)11-12-5-3-4-6-12/h12-14H,2-11H2,1H3. The van der Waals surface area contributed by atoms with Gasteiger partial charge in [-0.25, -0.2) is 0 Å². The molecule has 1 aliphatic carbocycles. The number of rotatable bonds is 4. The number of piperidine rings is 1. The van der Waals surface area contributed by atoms with Crippen LogP contribution in [0.5, 0.6) is 0 Å². The van der Waals surface area contributed by atoms with Crippen LogP contribution >= 0.6 is 0 Å². The second-order valence-electron chi connectivity index (χ2n) is 5.28. The highest BCUT2D eigenvalue weighted by molar-refractivity contribution is 4.79. The van der Waals surface area contributed by atoms with Gasteiger partial charge in [0, 0.05) is 12.6 Å². The fourth-order valence-electron chi connectivity index (χ4n) is 3.17. The predicted octanol–water partition coefficient (Wildman–Crippen LogP) is 2.25. The third-order valence-corrected chi connectivity index (χ3v) is 4.07. The second-order valence-corrected chi connectivity index (χ2v) is 5.28. The van der Waals surface area contributed by atoms with E-state index in [0.717, 1.165) is 18.5 Å². The lowest BCUT2D eigenvalue weighted by Gasteiger charge is -2.33. The molecule has 1 saturated heterocycles. The molecule has 1 N–H and O–H groups in total. The van der Waals surface area contributed by atoms with Gasteiger partial charge in [0.1, 0.15) is 0 Å². The van der Waals surface area contributed by atoms with E-state index in [2.05, 4.69) is 17.1 Å². The Kier molecular flexibility index (Phi) is 4.45. The summed E-state index contributed by atoms with van der Waals surface area (Å²) in [5.74, 6) is 1.03. The highest BCUT2D eigenvalue weighted by atomic mass is 15.1. The fourth-order valence-corrected chi connectivity index (χ4v) is 3.17. The summed E-state index contributed by atoms with van der Waals surface area (Å²) in [4.78, 5) is 2.70. The van der Waals surface area contributed by atoms with E-state index in [1.807, 2.05) is 0 Å². The van der Waals surface area contributed by atoms with Crippen molar-refractivity contribution in [2.75, 3.05) is 26.2 Å². The zero-order chi connectivity index (χ0) is 10.5. The summed E-state index contributed by atoms with van der Waals surface area (Å²) in [7, 11) is 0. The van der Waals surface area contributed by atoms with E-state index in [0.29, 0.717) is 0 Å². The van der Waals surface area contributed by atoms with Gasteiger partial charge in [-0.15, -0.1) is 0 Å². The lowest BCUT2D eigenvalue weighted by atomic mass is 10.0. The van der Waals surface area contributed by atoms with Gasteiger partial charge in [-0.3, -0.25) is 0 Å². The highest BCUT2D eigenvalue weighted by Gasteiger charge is 2.22. The molecule has 2 fully saturated rings.